The Balaban J connectivity index is 1.87. The van der Waals surface area contributed by atoms with Crippen molar-refractivity contribution in [2.24, 2.45) is 5.73 Å². The first-order chi connectivity index (χ1) is 14.2. The van der Waals surface area contributed by atoms with E-state index in [1.165, 1.54) is 0 Å². The molecule has 0 aliphatic carbocycles. The Labute approximate surface area is 179 Å². The Morgan fingerprint density at radius 3 is 2.73 bits per heavy atom. The van der Waals surface area contributed by atoms with E-state index in [0.717, 1.165) is 24.4 Å². The topological polar surface area (TPSA) is 124 Å². The van der Waals surface area contributed by atoms with Crippen molar-refractivity contribution < 1.29 is 14.5 Å². The zero-order valence-corrected chi connectivity index (χ0v) is 17.6. The quantitative estimate of drug-likeness (QED) is 0.508. The Morgan fingerprint density at radius 2 is 2.13 bits per heavy atom. The molecule has 1 aromatic carbocycles. The summed E-state index contributed by atoms with van der Waals surface area (Å²) in [5.74, 6) is -0.580. The Kier molecular flexibility index (Phi) is 6.55. The number of ether oxygens (including phenoxy) is 1. The summed E-state index contributed by atoms with van der Waals surface area (Å²) < 4.78 is 5.83. The molecule has 1 saturated heterocycles. The molecule has 2 aromatic rings. The largest absolute Gasteiger partial charge is 0.373 e. The van der Waals surface area contributed by atoms with Crippen molar-refractivity contribution in [1.29, 1.82) is 0 Å². The number of hydrogen-bond donors (Lipinski definition) is 2. The van der Waals surface area contributed by atoms with Crippen LogP contribution < -0.4 is 11.1 Å². The molecule has 0 bridgehead atoms. The molecule has 1 aromatic heterocycles. The molecule has 2 heterocycles. The third-order valence-corrected chi connectivity index (χ3v) is 5.22. The normalized spacial score (nSPS) is 17.3. The van der Waals surface area contributed by atoms with E-state index in [-0.39, 0.29) is 28.7 Å². The maximum absolute atomic E-state index is 11.8. The van der Waals surface area contributed by atoms with Gasteiger partial charge in [-0.05, 0) is 31.5 Å². The van der Waals surface area contributed by atoms with Gasteiger partial charge in [-0.15, -0.1) is 0 Å². The van der Waals surface area contributed by atoms with Gasteiger partial charge in [0.05, 0.1) is 28.7 Å². The number of rotatable bonds is 7. The fourth-order valence-electron chi connectivity index (χ4n) is 3.54. The second-order valence-electron chi connectivity index (χ2n) is 7.74. The number of amides is 1. The number of aromatic nitrogens is 1. The standard InChI is InChI=1S/C20H24ClN5O4/c1-20(2)12-25(7-8-30-20)17(13-3-5-14(21)6-4-13)11-24-19-16(18(22)27)9-15(10-23-19)26(28)29/h3-6,9-10,17H,7-8,11-12H2,1-2H3,(H2,22,27)(H,23,24). The highest BCUT2D eigenvalue weighted by Gasteiger charge is 2.32. The van der Waals surface area contributed by atoms with E-state index >= 15 is 0 Å². The second kappa shape index (κ2) is 8.95. The van der Waals surface area contributed by atoms with Gasteiger partial charge in [-0.25, -0.2) is 4.98 Å². The number of anilines is 1. The lowest BCUT2D eigenvalue weighted by Crippen LogP contribution is -2.50. The molecule has 1 atom stereocenters. The lowest BCUT2D eigenvalue weighted by molar-refractivity contribution is -0.385. The van der Waals surface area contributed by atoms with E-state index < -0.39 is 10.8 Å². The van der Waals surface area contributed by atoms with Gasteiger partial charge in [0.15, 0.2) is 0 Å². The number of carbonyl (C=O) groups is 1. The number of primary amides is 1. The molecule has 3 N–H and O–H groups in total. The highest BCUT2D eigenvalue weighted by molar-refractivity contribution is 6.30. The average Bonchev–Trinajstić information content (AvgIpc) is 2.68. The number of nitrogens with zero attached hydrogens (tertiary/aromatic N) is 3. The SMILES string of the molecule is CC1(C)CN(C(CNc2ncc([N+](=O)[O-])cc2C(N)=O)c2ccc(Cl)cc2)CCO1. The van der Waals surface area contributed by atoms with Crippen molar-refractivity contribution >= 4 is 29.0 Å². The molecule has 3 rings (SSSR count). The summed E-state index contributed by atoms with van der Waals surface area (Å²) in [6.45, 7) is 6.51. The lowest BCUT2D eigenvalue weighted by atomic mass is 10.0. The van der Waals surface area contributed by atoms with Crippen molar-refractivity contribution in [3.8, 4) is 0 Å². The van der Waals surface area contributed by atoms with Gasteiger partial charge in [-0.3, -0.25) is 19.8 Å². The molecule has 1 fully saturated rings. The van der Waals surface area contributed by atoms with Crippen LogP contribution in [-0.4, -0.2) is 52.6 Å². The minimum Gasteiger partial charge on any atom is -0.373 e. The van der Waals surface area contributed by atoms with E-state index in [4.69, 9.17) is 22.1 Å². The molecule has 10 heteroatoms. The van der Waals surface area contributed by atoms with Crippen LogP contribution in [0.4, 0.5) is 11.5 Å². The molecule has 1 aliphatic rings. The van der Waals surface area contributed by atoms with Crippen molar-refractivity contribution in [2.45, 2.75) is 25.5 Å². The third-order valence-electron chi connectivity index (χ3n) is 4.96. The first kappa shape index (κ1) is 21.9. The van der Waals surface area contributed by atoms with Gasteiger partial charge >= 0.3 is 0 Å². The Hall–Kier alpha value is -2.75. The van der Waals surface area contributed by atoms with Crippen LogP contribution in [0.1, 0.15) is 35.8 Å². The van der Waals surface area contributed by atoms with Gasteiger partial charge in [0, 0.05) is 30.7 Å². The minimum absolute atomic E-state index is 0.0265. The molecule has 0 radical (unpaired) electrons. The van der Waals surface area contributed by atoms with Gasteiger partial charge in [-0.1, -0.05) is 23.7 Å². The molecule has 1 aliphatic heterocycles. The minimum atomic E-state index is -0.788. The number of nitrogens with two attached hydrogens (primary N) is 1. The van der Waals surface area contributed by atoms with Gasteiger partial charge in [-0.2, -0.15) is 0 Å². The lowest BCUT2D eigenvalue weighted by Gasteiger charge is -2.42. The number of morpholine rings is 1. The molecule has 0 spiro atoms. The number of nitrogens with one attached hydrogen (secondary N) is 1. The van der Waals surface area contributed by atoms with E-state index in [0.29, 0.717) is 24.7 Å². The van der Waals surface area contributed by atoms with Crippen LogP contribution in [0.15, 0.2) is 36.5 Å². The highest BCUT2D eigenvalue weighted by Crippen LogP contribution is 2.29. The fourth-order valence-corrected chi connectivity index (χ4v) is 3.66. The smallest absolute Gasteiger partial charge is 0.288 e. The summed E-state index contributed by atoms with van der Waals surface area (Å²) in [5, 5.41) is 14.8. The summed E-state index contributed by atoms with van der Waals surface area (Å²) in [6, 6.07) is 8.63. The van der Waals surface area contributed by atoms with Crippen LogP contribution in [0.2, 0.25) is 5.02 Å². The molecule has 1 unspecified atom stereocenters. The predicted molar refractivity (Wildman–Crippen MR) is 114 cm³/mol. The number of halogens is 1. The number of nitro groups is 1. The zero-order valence-electron chi connectivity index (χ0n) is 16.8. The molecule has 30 heavy (non-hydrogen) atoms. The van der Waals surface area contributed by atoms with Crippen molar-refractivity contribution in [3.63, 3.8) is 0 Å². The first-order valence-electron chi connectivity index (χ1n) is 9.48. The average molecular weight is 434 g/mol. The van der Waals surface area contributed by atoms with Gasteiger partial charge in [0.1, 0.15) is 12.0 Å². The van der Waals surface area contributed by atoms with E-state index in [2.05, 4.69) is 15.2 Å². The summed E-state index contributed by atoms with van der Waals surface area (Å²) in [4.78, 5) is 28.5. The van der Waals surface area contributed by atoms with Crippen LogP contribution in [0.5, 0.6) is 0 Å². The van der Waals surface area contributed by atoms with Gasteiger partial charge < -0.3 is 15.8 Å². The summed E-state index contributed by atoms with van der Waals surface area (Å²) in [6.07, 6.45) is 1.10. The van der Waals surface area contributed by atoms with Crippen LogP contribution in [0.3, 0.4) is 0 Å². The van der Waals surface area contributed by atoms with Crippen molar-refractivity contribution in [1.82, 2.24) is 9.88 Å². The van der Waals surface area contributed by atoms with Crippen LogP contribution in [0, 0.1) is 10.1 Å². The van der Waals surface area contributed by atoms with Crippen LogP contribution in [0.25, 0.3) is 0 Å². The predicted octanol–water partition coefficient (Wildman–Crippen LogP) is 3.01. The molecule has 9 nitrogen and oxygen atoms in total. The van der Waals surface area contributed by atoms with Gasteiger partial charge in [0.25, 0.3) is 11.6 Å². The van der Waals surface area contributed by atoms with Gasteiger partial charge in [0.2, 0.25) is 0 Å². The molecular formula is C20H24ClN5O4. The number of benzene rings is 1. The highest BCUT2D eigenvalue weighted by atomic mass is 35.5. The summed E-state index contributed by atoms with van der Waals surface area (Å²) in [5.41, 5.74) is 5.83. The van der Waals surface area contributed by atoms with Crippen molar-refractivity contribution in [3.05, 3.63) is 62.8 Å². The summed E-state index contributed by atoms with van der Waals surface area (Å²) in [7, 11) is 0. The summed E-state index contributed by atoms with van der Waals surface area (Å²) >= 11 is 6.05. The molecular weight excluding hydrogens is 410 g/mol. The number of pyridine rings is 1. The third kappa shape index (κ3) is 5.24. The Bertz CT molecular complexity index is 935. The van der Waals surface area contributed by atoms with E-state index in [1.807, 2.05) is 38.1 Å². The van der Waals surface area contributed by atoms with E-state index in [1.54, 1.807) is 0 Å². The van der Waals surface area contributed by atoms with E-state index in [9.17, 15) is 14.9 Å². The fraction of sp³-hybridized carbons (Fsp3) is 0.400. The Morgan fingerprint density at radius 1 is 1.43 bits per heavy atom. The second-order valence-corrected chi connectivity index (χ2v) is 8.17. The monoisotopic (exact) mass is 433 g/mol. The maximum Gasteiger partial charge on any atom is 0.288 e. The molecule has 160 valence electrons. The zero-order chi connectivity index (χ0) is 21.9. The van der Waals surface area contributed by atoms with Crippen LogP contribution in [-0.2, 0) is 4.74 Å². The van der Waals surface area contributed by atoms with Crippen LogP contribution >= 0.6 is 11.6 Å². The first-order valence-corrected chi connectivity index (χ1v) is 9.86. The van der Waals surface area contributed by atoms with Crippen molar-refractivity contribution in [2.75, 3.05) is 31.6 Å². The molecule has 1 amide bonds. The molecule has 0 saturated carbocycles. The maximum atomic E-state index is 11.8. The number of hydrogen-bond acceptors (Lipinski definition) is 7. The number of carbonyl (C=O) groups excluding carboxylic acids is 1.